The lowest BCUT2D eigenvalue weighted by Gasteiger charge is -2.41. The minimum absolute atomic E-state index is 0.416. The zero-order valence-corrected chi connectivity index (χ0v) is 13.8. The summed E-state index contributed by atoms with van der Waals surface area (Å²) >= 11 is 0. The van der Waals surface area contributed by atoms with Gasteiger partial charge < -0.3 is 0 Å². The van der Waals surface area contributed by atoms with Crippen molar-refractivity contribution < 1.29 is 23.8 Å². The molecular weight excluding hydrogens is 338 g/mol. The van der Waals surface area contributed by atoms with E-state index in [2.05, 4.69) is 0 Å². The maximum absolute atomic E-state index is 14.2. The molecule has 0 atom stereocenters. The van der Waals surface area contributed by atoms with Crippen LogP contribution in [0.25, 0.3) is 12.2 Å². The van der Waals surface area contributed by atoms with E-state index >= 15 is 0 Å². The summed E-state index contributed by atoms with van der Waals surface area (Å²) in [5.74, 6) is -1.92. The second-order valence-corrected chi connectivity index (χ2v) is 7.58. The van der Waals surface area contributed by atoms with Crippen LogP contribution in [0.1, 0.15) is 50.7 Å². The van der Waals surface area contributed by atoms with Gasteiger partial charge in [-0.25, -0.2) is 4.39 Å². The summed E-state index contributed by atoms with van der Waals surface area (Å²) in [5, 5.41) is 0. The first-order valence-corrected chi connectivity index (χ1v) is 9.25. The summed E-state index contributed by atoms with van der Waals surface area (Å²) in [5.41, 5.74) is -1.34. The quantitative estimate of drug-likeness (QED) is 0.432. The first-order chi connectivity index (χ1) is 10.4. The van der Waals surface area contributed by atoms with E-state index in [1.165, 1.54) is 12.2 Å². The van der Waals surface area contributed by atoms with Gasteiger partial charge in [-0.1, -0.05) is 82.6 Å². The molecule has 0 heterocycles. The minimum Gasteiger partial charge on any atom is -0.205 e. The molecule has 0 bridgehead atoms. The van der Waals surface area contributed by atoms with E-state index < -0.39 is 32.1 Å². The van der Waals surface area contributed by atoms with Crippen LogP contribution < -0.4 is 0 Å². The van der Waals surface area contributed by atoms with Gasteiger partial charge >= 0.3 is 10.2 Å². The third kappa shape index (κ3) is 5.64. The van der Waals surface area contributed by atoms with Gasteiger partial charge in [0.15, 0.2) is 5.82 Å². The summed E-state index contributed by atoms with van der Waals surface area (Å²) in [7, 11) is -10.1. The fourth-order valence-corrected chi connectivity index (χ4v) is 3.03. The summed E-state index contributed by atoms with van der Waals surface area (Å²) in [6.07, 6.45) is 7.08. The number of rotatable bonds is 7. The average Bonchev–Trinajstić information content (AvgIpc) is 2.38. The lowest BCUT2D eigenvalue weighted by molar-refractivity contribution is 0.355. The molecule has 0 nitrogen and oxygen atoms in total. The molecule has 0 aliphatic heterocycles. The predicted octanol–water partition coefficient (Wildman–Crippen LogP) is 8.11. The largest absolute Gasteiger partial charge is 0.313 e. The Morgan fingerprint density at radius 2 is 1.26 bits per heavy atom. The van der Waals surface area contributed by atoms with Gasteiger partial charge in [-0.05, 0) is 18.4 Å². The van der Waals surface area contributed by atoms with Crippen LogP contribution in [0, 0.1) is 5.82 Å². The molecule has 0 aromatic heterocycles. The number of unbranched alkanes of at least 4 members (excludes halogenated alkanes) is 2. The Bertz CT molecular complexity index is 613. The van der Waals surface area contributed by atoms with Gasteiger partial charge in [-0.2, -0.15) is 0 Å². The van der Waals surface area contributed by atoms with Gasteiger partial charge in [0.1, 0.15) is 4.90 Å². The van der Waals surface area contributed by atoms with Crippen molar-refractivity contribution >= 4 is 22.4 Å². The fourth-order valence-electron chi connectivity index (χ4n) is 1.99. The van der Waals surface area contributed by atoms with Crippen molar-refractivity contribution in [1.82, 2.24) is 0 Å². The Labute approximate surface area is 132 Å². The van der Waals surface area contributed by atoms with E-state index in [9.17, 15) is 23.8 Å². The van der Waals surface area contributed by atoms with Crippen LogP contribution in [0.15, 0.2) is 29.2 Å². The molecule has 7 heteroatoms. The average molecular weight is 358 g/mol. The molecule has 1 aromatic carbocycles. The van der Waals surface area contributed by atoms with Crippen molar-refractivity contribution in [1.29, 1.82) is 0 Å². The highest BCUT2D eigenvalue weighted by Crippen LogP contribution is 3.02. The van der Waals surface area contributed by atoms with Crippen molar-refractivity contribution in [3.05, 3.63) is 41.2 Å². The molecule has 0 spiro atoms. The molecular formula is C16H20F6S. The van der Waals surface area contributed by atoms with Gasteiger partial charge in [0.2, 0.25) is 0 Å². The van der Waals surface area contributed by atoms with Crippen LogP contribution in [0.3, 0.4) is 0 Å². The molecule has 0 aliphatic carbocycles. The van der Waals surface area contributed by atoms with Crippen LogP contribution >= 0.6 is 10.2 Å². The Morgan fingerprint density at radius 1 is 0.826 bits per heavy atom. The van der Waals surface area contributed by atoms with Crippen LogP contribution in [-0.4, -0.2) is 0 Å². The highest BCUT2D eigenvalue weighted by Gasteiger charge is 2.68. The molecule has 23 heavy (non-hydrogen) atoms. The Balaban J connectivity index is 3.55. The molecule has 0 N–H and O–H groups in total. The summed E-state index contributed by atoms with van der Waals surface area (Å²) < 4.78 is 80.4. The zero-order chi connectivity index (χ0) is 17.8. The molecule has 1 rings (SSSR count). The monoisotopic (exact) mass is 358 g/mol. The Hall–Kier alpha value is -1.37. The van der Waals surface area contributed by atoms with Gasteiger partial charge in [-0.15, -0.1) is 0 Å². The molecule has 132 valence electrons. The summed E-state index contributed by atoms with van der Waals surface area (Å²) in [6, 6.07) is 1.97. The summed E-state index contributed by atoms with van der Waals surface area (Å²) in [4.78, 5) is -2.43. The van der Waals surface area contributed by atoms with E-state index in [4.69, 9.17) is 0 Å². The third-order valence-corrected chi connectivity index (χ3v) is 4.24. The lowest BCUT2D eigenvalue weighted by atomic mass is 10.1. The van der Waals surface area contributed by atoms with Crippen LogP contribution in [0.2, 0.25) is 0 Å². The standard InChI is InChI=1S/C16H20F6S/c1-3-5-7-9-13-11-12-14(10-8-6-4-2)16(15(13)17)23(18,19,20,21)22/h7-12H,3-6H2,1-2H3/b9-7+,10-8+. The SMILES string of the molecule is CCC/C=C/c1ccc(/C=C/CCC)c(S(F)(F)(F)(F)F)c1F. The van der Waals surface area contributed by atoms with Crippen molar-refractivity contribution in [2.24, 2.45) is 0 Å². The van der Waals surface area contributed by atoms with Gasteiger partial charge in [-0.3, -0.25) is 0 Å². The van der Waals surface area contributed by atoms with Crippen molar-refractivity contribution in [3.63, 3.8) is 0 Å². The smallest absolute Gasteiger partial charge is 0.205 e. The molecule has 0 saturated heterocycles. The molecule has 1 aromatic rings. The number of allylic oxidation sites excluding steroid dienone is 2. The maximum Gasteiger partial charge on any atom is 0.313 e. The van der Waals surface area contributed by atoms with Gasteiger partial charge in [0.25, 0.3) is 0 Å². The Morgan fingerprint density at radius 3 is 1.70 bits per heavy atom. The molecule has 0 saturated carbocycles. The maximum atomic E-state index is 14.2. The van der Waals surface area contributed by atoms with E-state index in [0.717, 1.165) is 24.3 Å². The van der Waals surface area contributed by atoms with Crippen LogP contribution in [0.4, 0.5) is 23.8 Å². The first-order valence-electron chi connectivity index (χ1n) is 7.30. The van der Waals surface area contributed by atoms with Crippen molar-refractivity contribution in [2.75, 3.05) is 0 Å². The van der Waals surface area contributed by atoms with E-state index in [-0.39, 0.29) is 0 Å². The van der Waals surface area contributed by atoms with Gasteiger partial charge in [0.05, 0.1) is 0 Å². The molecule has 0 aliphatic rings. The lowest BCUT2D eigenvalue weighted by Crippen LogP contribution is -2.12. The number of halogens is 6. The van der Waals surface area contributed by atoms with Crippen molar-refractivity contribution in [3.8, 4) is 0 Å². The molecule has 0 fully saturated rings. The normalized spacial score (nSPS) is 16.0. The second kappa shape index (κ2) is 6.26. The topological polar surface area (TPSA) is 0 Å². The Kier molecular flexibility index (Phi) is 5.36. The predicted molar refractivity (Wildman–Crippen MR) is 85.7 cm³/mol. The van der Waals surface area contributed by atoms with Crippen LogP contribution in [0.5, 0.6) is 0 Å². The van der Waals surface area contributed by atoms with E-state index in [1.54, 1.807) is 6.92 Å². The van der Waals surface area contributed by atoms with E-state index in [0.29, 0.717) is 25.7 Å². The van der Waals surface area contributed by atoms with E-state index in [1.807, 2.05) is 6.92 Å². The van der Waals surface area contributed by atoms with Gasteiger partial charge in [0, 0.05) is 5.56 Å². The first kappa shape index (κ1) is 19.7. The fraction of sp³-hybridized carbons (Fsp3) is 0.375. The molecule has 0 radical (unpaired) electrons. The number of hydrogen-bond acceptors (Lipinski definition) is 0. The second-order valence-electron chi connectivity index (χ2n) is 5.24. The third-order valence-electron chi connectivity index (χ3n) is 3.05. The highest BCUT2D eigenvalue weighted by atomic mass is 32.5. The molecule has 0 unspecified atom stereocenters. The van der Waals surface area contributed by atoms with Crippen molar-refractivity contribution in [2.45, 2.75) is 44.4 Å². The minimum atomic E-state index is -10.1. The van der Waals surface area contributed by atoms with Crippen LogP contribution in [-0.2, 0) is 0 Å². The zero-order valence-electron chi connectivity index (χ0n) is 13.0. The number of benzene rings is 1. The highest BCUT2D eigenvalue weighted by molar-refractivity contribution is 8.45. The number of hydrogen-bond donors (Lipinski definition) is 0. The molecule has 0 amide bonds. The summed E-state index contributed by atoms with van der Waals surface area (Å²) in [6.45, 7) is 3.63.